The lowest BCUT2D eigenvalue weighted by Gasteiger charge is -2.33. The van der Waals surface area contributed by atoms with Crippen LogP contribution in [0.5, 0.6) is 0 Å². The highest BCUT2D eigenvalue weighted by atomic mass is 127. The van der Waals surface area contributed by atoms with Crippen LogP contribution >= 0.6 is 24.0 Å². The van der Waals surface area contributed by atoms with Crippen LogP contribution in [0.3, 0.4) is 0 Å². The van der Waals surface area contributed by atoms with Crippen molar-refractivity contribution in [1.82, 2.24) is 30.0 Å². The number of anilines is 1. The molecule has 1 aliphatic rings. The Balaban J connectivity index is 0.00000243. The average molecular weight is 472 g/mol. The molecule has 0 atom stereocenters. The number of hydrogen-bond acceptors (Lipinski definition) is 5. The number of aromatic nitrogens is 4. The van der Waals surface area contributed by atoms with E-state index in [1.807, 2.05) is 7.05 Å². The highest BCUT2D eigenvalue weighted by Gasteiger charge is 2.18. The highest BCUT2D eigenvalue weighted by molar-refractivity contribution is 14.0. The average Bonchev–Trinajstić information content (AvgIpc) is 3.00. The number of guanidine groups is 1. The van der Waals surface area contributed by atoms with Crippen molar-refractivity contribution >= 4 is 46.8 Å². The van der Waals surface area contributed by atoms with E-state index in [0.29, 0.717) is 6.54 Å². The molecule has 3 heterocycles. The van der Waals surface area contributed by atoms with Crippen LogP contribution < -0.4 is 10.6 Å². The molecule has 0 amide bonds. The second kappa shape index (κ2) is 9.89. The van der Waals surface area contributed by atoms with Crippen molar-refractivity contribution in [3.05, 3.63) is 12.5 Å². The summed E-state index contributed by atoms with van der Waals surface area (Å²) in [6.45, 7) is 8.92. The van der Waals surface area contributed by atoms with Gasteiger partial charge in [0.15, 0.2) is 11.6 Å². The van der Waals surface area contributed by atoms with Gasteiger partial charge in [-0.2, -0.15) is 5.10 Å². The normalized spacial score (nSPS) is 15.8. The summed E-state index contributed by atoms with van der Waals surface area (Å²) in [7, 11) is 1.88. The SMILES string of the molecule is CCNC(=NCCNc1ncnc2c1cnn2C)N1CCC(C)CC1.I. The van der Waals surface area contributed by atoms with Gasteiger partial charge >= 0.3 is 0 Å². The fourth-order valence-corrected chi connectivity index (χ4v) is 3.09. The molecule has 26 heavy (non-hydrogen) atoms. The molecule has 0 spiro atoms. The van der Waals surface area contributed by atoms with Gasteiger partial charge in [-0.25, -0.2) is 9.97 Å². The van der Waals surface area contributed by atoms with Crippen molar-refractivity contribution < 1.29 is 0 Å². The number of aryl methyl sites for hydroxylation is 1. The molecule has 9 heteroatoms. The van der Waals surface area contributed by atoms with Crippen molar-refractivity contribution in [1.29, 1.82) is 0 Å². The predicted octanol–water partition coefficient (Wildman–Crippen LogP) is 2.09. The lowest BCUT2D eigenvalue weighted by molar-refractivity contribution is 0.273. The zero-order chi connectivity index (χ0) is 17.6. The molecule has 0 radical (unpaired) electrons. The summed E-state index contributed by atoms with van der Waals surface area (Å²) in [6.07, 6.45) is 5.83. The smallest absolute Gasteiger partial charge is 0.193 e. The second-order valence-electron chi connectivity index (χ2n) is 6.56. The van der Waals surface area contributed by atoms with Crippen LogP contribution in [0.2, 0.25) is 0 Å². The number of rotatable bonds is 5. The summed E-state index contributed by atoms with van der Waals surface area (Å²) in [5.41, 5.74) is 0.830. The third-order valence-electron chi connectivity index (χ3n) is 4.61. The van der Waals surface area contributed by atoms with Crippen molar-refractivity contribution in [2.24, 2.45) is 18.0 Å². The van der Waals surface area contributed by atoms with Crippen LogP contribution in [0.4, 0.5) is 5.82 Å². The van der Waals surface area contributed by atoms with Crippen LogP contribution in [0.1, 0.15) is 26.7 Å². The molecule has 144 valence electrons. The molecule has 0 bridgehead atoms. The Kier molecular flexibility index (Phi) is 7.85. The van der Waals surface area contributed by atoms with Gasteiger partial charge in [-0.15, -0.1) is 24.0 Å². The van der Waals surface area contributed by atoms with Gasteiger partial charge < -0.3 is 15.5 Å². The van der Waals surface area contributed by atoms with Gasteiger partial charge in [0.25, 0.3) is 0 Å². The summed E-state index contributed by atoms with van der Waals surface area (Å²) in [5.74, 6) is 2.65. The molecule has 1 saturated heterocycles. The number of aliphatic imine (C=N–C) groups is 1. The minimum Gasteiger partial charge on any atom is -0.367 e. The van der Waals surface area contributed by atoms with E-state index in [9.17, 15) is 0 Å². The fraction of sp³-hybridized carbons (Fsp3) is 0.647. The third kappa shape index (κ3) is 4.95. The molecule has 3 rings (SSSR count). The maximum absolute atomic E-state index is 4.77. The van der Waals surface area contributed by atoms with Crippen LogP contribution in [-0.2, 0) is 7.05 Å². The molecule has 2 aromatic heterocycles. The Labute approximate surface area is 171 Å². The molecule has 0 aliphatic carbocycles. The molecule has 2 N–H and O–H groups in total. The highest BCUT2D eigenvalue weighted by Crippen LogP contribution is 2.17. The Morgan fingerprint density at radius 3 is 2.81 bits per heavy atom. The maximum Gasteiger partial charge on any atom is 0.193 e. The number of nitrogens with zero attached hydrogens (tertiary/aromatic N) is 6. The summed E-state index contributed by atoms with van der Waals surface area (Å²) < 4.78 is 1.75. The van der Waals surface area contributed by atoms with Gasteiger partial charge in [0, 0.05) is 33.2 Å². The van der Waals surface area contributed by atoms with E-state index >= 15 is 0 Å². The quantitative estimate of drug-likeness (QED) is 0.300. The van der Waals surface area contributed by atoms with Gasteiger partial charge in [-0.05, 0) is 25.7 Å². The van der Waals surface area contributed by atoms with E-state index in [1.165, 1.54) is 12.8 Å². The van der Waals surface area contributed by atoms with Crippen LogP contribution in [0, 0.1) is 5.92 Å². The van der Waals surface area contributed by atoms with E-state index in [-0.39, 0.29) is 24.0 Å². The van der Waals surface area contributed by atoms with E-state index in [4.69, 9.17) is 4.99 Å². The molecule has 1 aliphatic heterocycles. The Morgan fingerprint density at radius 2 is 2.08 bits per heavy atom. The number of fused-ring (bicyclic) bond motifs is 1. The lowest BCUT2D eigenvalue weighted by atomic mass is 10.00. The lowest BCUT2D eigenvalue weighted by Crippen LogP contribution is -2.45. The van der Waals surface area contributed by atoms with Crippen LogP contribution in [0.15, 0.2) is 17.5 Å². The Bertz CT molecular complexity index is 721. The van der Waals surface area contributed by atoms with Crippen LogP contribution in [-0.4, -0.2) is 63.3 Å². The first kappa shape index (κ1) is 20.7. The second-order valence-corrected chi connectivity index (χ2v) is 6.56. The van der Waals surface area contributed by atoms with Crippen molar-refractivity contribution in [2.75, 3.05) is 38.0 Å². The molecule has 8 nitrogen and oxygen atoms in total. The standard InChI is InChI=1S/C17H28N8.HI/c1-4-18-17(25-9-5-13(2)6-10-25)20-8-7-19-15-14-11-23-24(3)16(14)22-12-21-15;/h11-13H,4-10H2,1-3H3,(H,18,20)(H,19,21,22);1H. The fourth-order valence-electron chi connectivity index (χ4n) is 3.09. The largest absolute Gasteiger partial charge is 0.367 e. The zero-order valence-electron chi connectivity index (χ0n) is 15.8. The summed E-state index contributed by atoms with van der Waals surface area (Å²) >= 11 is 0. The molecule has 0 aromatic carbocycles. The number of halogens is 1. The Hall–Kier alpha value is -1.65. The van der Waals surface area contributed by atoms with Gasteiger partial charge in [-0.3, -0.25) is 9.67 Å². The molecular weight excluding hydrogens is 443 g/mol. The molecule has 2 aromatic rings. The van der Waals surface area contributed by atoms with E-state index < -0.39 is 0 Å². The maximum atomic E-state index is 4.77. The van der Waals surface area contributed by atoms with Crippen molar-refractivity contribution in [3.63, 3.8) is 0 Å². The number of piperidine rings is 1. The first-order valence-electron chi connectivity index (χ1n) is 9.09. The minimum absolute atomic E-state index is 0. The minimum atomic E-state index is 0. The van der Waals surface area contributed by atoms with Crippen molar-refractivity contribution in [2.45, 2.75) is 26.7 Å². The predicted molar refractivity (Wildman–Crippen MR) is 116 cm³/mol. The molecule has 0 saturated carbocycles. The summed E-state index contributed by atoms with van der Waals surface area (Å²) in [5, 5.41) is 11.9. The van der Waals surface area contributed by atoms with Crippen molar-refractivity contribution in [3.8, 4) is 0 Å². The van der Waals surface area contributed by atoms with Crippen LogP contribution in [0.25, 0.3) is 11.0 Å². The third-order valence-corrected chi connectivity index (χ3v) is 4.61. The number of likely N-dealkylation sites (tertiary alicyclic amines) is 1. The monoisotopic (exact) mass is 472 g/mol. The van der Waals surface area contributed by atoms with E-state index in [1.54, 1.807) is 17.2 Å². The number of nitrogens with one attached hydrogen (secondary N) is 2. The van der Waals surface area contributed by atoms with Gasteiger partial charge in [0.05, 0.1) is 18.1 Å². The molecule has 0 unspecified atom stereocenters. The number of hydrogen-bond donors (Lipinski definition) is 2. The Morgan fingerprint density at radius 1 is 1.31 bits per heavy atom. The topological polar surface area (TPSA) is 83.3 Å². The molecular formula is C17H29IN8. The first-order chi connectivity index (χ1) is 12.2. The summed E-state index contributed by atoms with van der Waals surface area (Å²) in [6, 6.07) is 0. The molecule has 1 fully saturated rings. The van der Waals surface area contributed by atoms with Gasteiger partial charge in [-0.1, -0.05) is 6.92 Å². The zero-order valence-corrected chi connectivity index (χ0v) is 18.1. The van der Waals surface area contributed by atoms with Gasteiger partial charge in [0.1, 0.15) is 12.1 Å². The van der Waals surface area contributed by atoms with E-state index in [0.717, 1.165) is 54.9 Å². The first-order valence-corrected chi connectivity index (χ1v) is 9.09. The summed E-state index contributed by atoms with van der Waals surface area (Å²) in [4.78, 5) is 15.7. The van der Waals surface area contributed by atoms with Gasteiger partial charge in [0.2, 0.25) is 0 Å². The van der Waals surface area contributed by atoms with E-state index in [2.05, 4.69) is 44.4 Å².